The normalized spacial score (nSPS) is 15.0. The number of carbonyl (C=O) groups excluding carboxylic acids is 2. The molecule has 1 aromatic heterocycles. The molecule has 1 amide bonds. The van der Waals surface area contributed by atoms with Crippen molar-refractivity contribution in [3.05, 3.63) is 34.8 Å². The number of amides is 1. The highest BCUT2D eigenvalue weighted by atomic mass is 16.5. The van der Waals surface area contributed by atoms with Gasteiger partial charge in [-0.1, -0.05) is 25.0 Å². The second kappa shape index (κ2) is 6.68. The van der Waals surface area contributed by atoms with E-state index < -0.39 is 11.7 Å². The van der Waals surface area contributed by atoms with Crippen LogP contribution < -0.4 is 11.1 Å². The van der Waals surface area contributed by atoms with Gasteiger partial charge in [-0.2, -0.15) is 0 Å². The molecule has 1 aliphatic rings. The molecule has 7 heteroatoms. The van der Waals surface area contributed by atoms with Crippen LogP contribution in [0.2, 0.25) is 0 Å². The van der Waals surface area contributed by atoms with Crippen LogP contribution in [0.4, 0.5) is 0 Å². The zero-order valence-corrected chi connectivity index (χ0v) is 12.6. The van der Waals surface area contributed by atoms with E-state index in [0.717, 1.165) is 25.7 Å². The van der Waals surface area contributed by atoms with Crippen LogP contribution in [0, 0.1) is 0 Å². The Kier molecular flexibility index (Phi) is 4.45. The Labute approximate surface area is 132 Å². The summed E-state index contributed by atoms with van der Waals surface area (Å²) in [7, 11) is 0. The molecular weight excluding hydrogens is 300 g/mol. The number of esters is 1. The third kappa shape index (κ3) is 3.61. The summed E-state index contributed by atoms with van der Waals surface area (Å²) < 4.78 is 11.2. The van der Waals surface area contributed by atoms with Crippen LogP contribution in [0.5, 0.6) is 0 Å². The number of hydrogen-bond acceptors (Lipinski definition) is 5. The van der Waals surface area contributed by atoms with E-state index in [2.05, 4.69) is 5.32 Å². The number of nitrogens with one attached hydrogen (secondary N) is 1. The summed E-state index contributed by atoms with van der Waals surface area (Å²) in [5.41, 5.74) is 0.925. The summed E-state index contributed by atoms with van der Waals surface area (Å²) in [4.78, 5) is 35.3. The zero-order chi connectivity index (χ0) is 16.2. The lowest BCUT2D eigenvalue weighted by Gasteiger charge is -2.11. The molecule has 0 saturated heterocycles. The topological polar surface area (TPSA) is 90.5 Å². The minimum absolute atomic E-state index is 0.182. The third-order valence-corrected chi connectivity index (χ3v) is 3.95. The molecule has 0 spiro atoms. The van der Waals surface area contributed by atoms with Crippen molar-refractivity contribution in [2.24, 2.45) is 0 Å². The quantitative estimate of drug-likeness (QED) is 0.837. The maximum atomic E-state index is 11.8. The van der Waals surface area contributed by atoms with E-state index in [1.807, 2.05) is 0 Å². The van der Waals surface area contributed by atoms with Crippen LogP contribution in [-0.2, 0) is 20.9 Å². The molecule has 7 nitrogen and oxygen atoms in total. The summed E-state index contributed by atoms with van der Waals surface area (Å²) in [6.45, 7) is -0.619. The first-order valence-electron chi connectivity index (χ1n) is 7.67. The van der Waals surface area contributed by atoms with E-state index >= 15 is 0 Å². The molecule has 1 saturated carbocycles. The van der Waals surface area contributed by atoms with E-state index in [-0.39, 0.29) is 25.1 Å². The van der Waals surface area contributed by atoms with E-state index in [4.69, 9.17) is 9.15 Å². The first-order valence-corrected chi connectivity index (χ1v) is 7.67. The standard InChI is InChI=1S/C16H18N2O5/c19-14(17-11-5-1-2-6-11)10-22-15(20)9-18-12-7-3-4-8-13(12)23-16(18)21/h3-4,7-8,11H,1-2,5-6,9-10H2,(H,17,19). The molecular formula is C16H18N2O5. The number of nitrogens with zero attached hydrogens (tertiary/aromatic N) is 1. The highest BCUT2D eigenvalue weighted by Gasteiger charge is 2.18. The molecule has 2 aromatic rings. The van der Waals surface area contributed by atoms with Crippen molar-refractivity contribution in [1.82, 2.24) is 9.88 Å². The van der Waals surface area contributed by atoms with Crippen molar-refractivity contribution in [2.45, 2.75) is 38.3 Å². The van der Waals surface area contributed by atoms with Gasteiger partial charge in [0, 0.05) is 6.04 Å². The van der Waals surface area contributed by atoms with Crippen molar-refractivity contribution < 1.29 is 18.7 Å². The van der Waals surface area contributed by atoms with Crippen molar-refractivity contribution >= 4 is 23.0 Å². The molecule has 3 rings (SSSR count). The molecule has 1 heterocycles. The predicted molar refractivity (Wildman–Crippen MR) is 81.8 cm³/mol. The Morgan fingerprint density at radius 1 is 1.26 bits per heavy atom. The molecule has 1 N–H and O–H groups in total. The van der Waals surface area contributed by atoms with Gasteiger partial charge in [0.2, 0.25) is 0 Å². The number of benzene rings is 1. The van der Waals surface area contributed by atoms with Gasteiger partial charge in [-0.25, -0.2) is 4.79 Å². The second-order valence-corrected chi connectivity index (χ2v) is 5.63. The molecule has 23 heavy (non-hydrogen) atoms. The number of hydrogen-bond donors (Lipinski definition) is 1. The minimum atomic E-state index is -0.653. The van der Waals surface area contributed by atoms with Crippen LogP contribution in [0.25, 0.3) is 11.1 Å². The molecule has 0 bridgehead atoms. The average molecular weight is 318 g/mol. The smallest absolute Gasteiger partial charge is 0.420 e. The number of fused-ring (bicyclic) bond motifs is 1. The van der Waals surface area contributed by atoms with Crippen LogP contribution in [0.1, 0.15) is 25.7 Å². The molecule has 1 fully saturated rings. The number of rotatable bonds is 5. The van der Waals surface area contributed by atoms with E-state index in [1.165, 1.54) is 4.57 Å². The van der Waals surface area contributed by atoms with Crippen molar-refractivity contribution in [1.29, 1.82) is 0 Å². The summed E-state index contributed by atoms with van der Waals surface area (Å²) in [6, 6.07) is 6.99. The van der Waals surface area contributed by atoms with Crippen LogP contribution >= 0.6 is 0 Å². The third-order valence-electron chi connectivity index (χ3n) is 3.95. The lowest BCUT2D eigenvalue weighted by molar-refractivity contribution is -0.149. The Morgan fingerprint density at radius 2 is 2.00 bits per heavy atom. The van der Waals surface area contributed by atoms with Crippen molar-refractivity contribution in [2.75, 3.05) is 6.61 Å². The zero-order valence-electron chi connectivity index (χ0n) is 12.6. The van der Waals surface area contributed by atoms with Crippen LogP contribution in [0.3, 0.4) is 0 Å². The van der Waals surface area contributed by atoms with Gasteiger partial charge in [0.25, 0.3) is 5.91 Å². The number of para-hydroxylation sites is 2. The summed E-state index contributed by atoms with van der Waals surface area (Å²) in [6.07, 6.45) is 4.16. The van der Waals surface area contributed by atoms with Gasteiger partial charge in [0.1, 0.15) is 6.54 Å². The fourth-order valence-electron chi connectivity index (χ4n) is 2.82. The monoisotopic (exact) mass is 318 g/mol. The van der Waals surface area contributed by atoms with Crippen LogP contribution in [0.15, 0.2) is 33.5 Å². The Hall–Kier alpha value is -2.57. The highest BCUT2D eigenvalue weighted by molar-refractivity contribution is 5.81. The molecule has 1 aliphatic carbocycles. The highest BCUT2D eigenvalue weighted by Crippen LogP contribution is 2.17. The number of ether oxygens (including phenoxy) is 1. The number of oxazole rings is 1. The lowest BCUT2D eigenvalue weighted by atomic mass is 10.2. The minimum Gasteiger partial charge on any atom is -0.454 e. The Bertz CT molecular complexity index is 770. The van der Waals surface area contributed by atoms with Gasteiger partial charge in [0.05, 0.1) is 5.52 Å². The number of carbonyl (C=O) groups is 2. The van der Waals surface area contributed by atoms with Gasteiger partial charge in [-0.05, 0) is 25.0 Å². The summed E-state index contributed by atoms with van der Waals surface area (Å²) >= 11 is 0. The maximum Gasteiger partial charge on any atom is 0.420 e. The second-order valence-electron chi connectivity index (χ2n) is 5.63. The van der Waals surface area contributed by atoms with Crippen molar-refractivity contribution in [3.63, 3.8) is 0 Å². The molecule has 0 atom stereocenters. The maximum absolute atomic E-state index is 11.8. The average Bonchev–Trinajstić information content (AvgIpc) is 3.14. The van der Waals surface area contributed by atoms with Gasteiger partial charge in [0.15, 0.2) is 12.2 Å². The number of aromatic nitrogens is 1. The fourth-order valence-corrected chi connectivity index (χ4v) is 2.82. The molecule has 0 unspecified atom stereocenters. The van der Waals surface area contributed by atoms with Gasteiger partial charge < -0.3 is 14.5 Å². The Morgan fingerprint density at radius 3 is 2.78 bits per heavy atom. The molecule has 1 aromatic carbocycles. The van der Waals surface area contributed by atoms with Gasteiger partial charge >= 0.3 is 11.7 Å². The summed E-state index contributed by atoms with van der Waals surface area (Å²) in [5, 5.41) is 2.83. The van der Waals surface area contributed by atoms with Gasteiger partial charge in [-0.15, -0.1) is 0 Å². The van der Waals surface area contributed by atoms with Gasteiger partial charge in [-0.3, -0.25) is 14.2 Å². The molecule has 0 radical (unpaired) electrons. The van der Waals surface area contributed by atoms with E-state index in [0.29, 0.717) is 11.1 Å². The predicted octanol–water partition coefficient (Wildman–Crippen LogP) is 1.20. The SMILES string of the molecule is O=C(COC(=O)Cn1c(=O)oc2ccccc21)NC1CCCC1. The molecule has 122 valence electrons. The van der Waals surface area contributed by atoms with E-state index in [9.17, 15) is 14.4 Å². The van der Waals surface area contributed by atoms with Crippen molar-refractivity contribution in [3.8, 4) is 0 Å². The fraction of sp³-hybridized carbons (Fsp3) is 0.438. The lowest BCUT2D eigenvalue weighted by Crippen LogP contribution is -2.36. The largest absolute Gasteiger partial charge is 0.454 e. The first kappa shape index (κ1) is 15.3. The van der Waals surface area contributed by atoms with E-state index in [1.54, 1.807) is 24.3 Å². The first-order chi connectivity index (χ1) is 11.1. The summed E-state index contributed by atoms with van der Waals surface area (Å²) in [5.74, 6) is -1.59. The Balaban J connectivity index is 1.55. The van der Waals surface area contributed by atoms with Crippen LogP contribution in [-0.4, -0.2) is 29.1 Å². The molecule has 0 aliphatic heterocycles.